The van der Waals surface area contributed by atoms with Crippen LogP contribution in [0.5, 0.6) is 0 Å². The Kier molecular flexibility index (Phi) is 4.45. The Morgan fingerprint density at radius 1 is 1.50 bits per heavy atom. The van der Waals surface area contributed by atoms with Crippen molar-refractivity contribution in [2.45, 2.75) is 12.8 Å². The molecule has 1 amide bonds. The highest BCUT2D eigenvalue weighted by Crippen LogP contribution is 2.23. The molecule has 1 aromatic rings. The van der Waals surface area contributed by atoms with Gasteiger partial charge in [0.2, 0.25) is 0 Å². The summed E-state index contributed by atoms with van der Waals surface area (Å²) in [5.74, 6) is 0.774. The molecule has 0 unspecified atom stereocenters. The van der Waals surface area contributed by atoms with E-state index in [1.165, 1.54) is 6.26 Å². The number of amides is 1. The van der Waals surface area contributed by atoms with Crippen LogP contribution in [0.3, 0.4) is 0 Å². The number of rotatable bonds is 3. The molecule has 0 N–H and O–H groups in total. The fraction of sp³-hybridized carbons (Fsp3) is 0.615. The van der Waals surface area contributed by atoms with Gasteiger partial charge in [0.05, 0.1) is 11.8 Å². The van der Waals surface area contributed by atoms with Crippen LogP contribution in [0.25, 0.3) is 0 Å². The van der Waals surface area contributed by atoms with Crippen LogP contribution < -0.4 is 0 Å². The maximum Gasteiger partial charge on any atom is 0.258 e. The minimum absolute atomic E-state index is 0.0685. The third-order valence-corrected chi connectivity index (χ3v) is 3.99. The zero-order valence-corrected chi connectivity index (χ0v) is 12.4. The van der Waals surface area contributed by atoms with Crippen LogP contribution in [0.15, 0.2) is 21.4 Å². The number of carbonyl (C=O) groups is 1. The summed E-state index contributed by atoms with van der Waals surface area (Å²) in [5, 5.41) is 0. The summed E-state index contributed by atoms with van der Waals surface area (Å²) >= 11 is 3.26. The molecular formula is C13H19BrN2O2. The van der Waals surface area contributed by atoms with Crippen LogP contribution in [0.2, 0.25) is 0 Å². The van der Waals surface area contributed by atoms with Crippen molar-refractivity contribution in [2.75, 3.05) is 33.7 Å². The molecular weight excluding hydrogens is 296 g/mol. The number of piperidine rings is 1. The summed E-state index contributed by atoms with van der Waals surface area (Å²) in [7, 11) is 4.19. The van der Waals surface area contributed by atoms with E-state index in [0.29, 0.717) is 16.2 Å². The quantitative estimate of drug-likeness (QED) is 0.860. The summed E-state index contributed by atoms with van der Waals surface area (Å²) in [4.78, 5) is 16.4. The predicted molar refractivity (Wildman–Crippen MR) is 73.6 cm³/mol. The number of nitrogens with zero attached hydrogens (tertiary/aromatic N) is 2. The number of hydrogen-bond acceptors (Lipinski definition) is 3. The van der Waals surface area contributed by atoms with Crippen molar-refractivity contribution in [1.29, 1.82) is 0 Å². The Hall–Kier alpha value is -0.810. The van der Waals surface area contributed by atoms with Crippen molar-refractivity contribution >= 4 is 21.8 Å². The number of furan rings is 1. The molecule has 0 bridgehead atoms. The summed E-state index contributed by atoms with van der Waals surface area (Å²) in [6, 6.07) is 1.72. The highest BCUT2D eigenvalue weighted by molar-refractivity contribution is 9.10. The topological polar surface area (TPSA) is 36.7 Å². The highest BCUT2D eigenvalue weighted by atomic mass is 79.9. The van der Waals surface area contributed by atoms with E-state index in [2.05, 4.69) is 34.9 Å². The predicted octanol–water partition coefficient (Wildman–Crippen LogP) is 2.46. The molecule has 0 atom stereocenters. The average Bonchev–Trinajstić information content (AvgIpc) is 2.75. The zero-order valence-electron chi connectivity index (χ0n) is 10.9. The van der Waals surface area contributed by atoms with Gasteiger partial charge in [-0.15, -0.1) is 0 Å². The van der Waals surface area contributed by atoms with Gasteiger partial charge in [-0.3, -0.25) is 4.79 Å². The van der Waals surface area contributed by atoms with Gasteiger partial charge in [-0.2, -0.15) is 0 Å². The number of carbonyl (C=O) groups excluding carboxylic acids is 1. The third-order valence-electron chi connectivity index (χ3n) is 3.37. The molecule has 1 saturated heterocycles. The molecule has 18 heavy (non-hydrogen) atoms. The van der Waals surface area contributed by atoms with Crippen molar-refractivity contribution < 1.29 is 9.21 Å². The fourth-order valence-corrected chi connectivity index (χ4v) is 2.86. The maximum atomic E-state index is 12.2. The minimum atomic E-state index is 0.0685. The van der Waals surface area contributed by atoms with E-state index in [0.717, 1.165) is 32.5 Å². The summed E-state index contributed by atoms with van der Waals surface area (Å²) in [6.45, 7) is 2.79. The van der Waals surface area contributed by atoms with Gasteiger partial charge >= 0.3 is 0 Å². The molecule has 2 rings (SSSR count). The Labute approximate surface area is 116 Å². The average molecular weight is 315 g/mol. The lowest BCUT2D eigenvalue weighted by atomic mass is 9.96. The first-order valence-corrected chi connectivity index (χ1v) is 7.04. The third kappa shape index (κ3) is 3.14. The Morgan fingerprint density at radius 2 is 2.17 bits per heavy atom. The van der Waals surface area contributed by atoms with Crippen molar-refractivity contribution in [3.63, 3.8) is 0 Å². The van der Waals surface area contributed by atoms with E-state index in [4.69, 9.17) is 4.42 Å². The number of halogens is 1. The van der Waals surface area contributed by atoms with Crippen molar-refractivity contribution in [1.82, 2.24) is 9.80 Å². The molecule has 0 aliphatic carbocycles. The van der Waals surface area contributed by atoms with E-state index in [1.807, 2.05) is 4.90 Å². The van der Waals surface area contributed by atoms with Crippen LogP contribution in [-0.2, 0) is 0 Å². The molecule has 2 heterocycles. The Balaban J connectivity index is 1.90. The number of likely N-dealkylation sites (tertiary alicyclic amines) is 1. The lowest BCUT2D eigenvalue weighted by Crippen LogP contribution is -2.40. The first-order chi connectivity index (χ1) is 8.58. The van der Waals surface area contributed by atoms with Gasteiger partial charge in [-0.05, 0) is 54.9 Å². The largest absolute Gasteiger partial charge is 0.457 e. The van der Waals surface area contributed by atoms with Gasteiger partial charge in [-0.1, -0.05) is 0 Å². The molecule has 5 heteroatoms. The standard InChI is InChI=1S/C13H19BrN2O2/c1-15(2)9-10-3-6-16(7-4-10)13(17)11-5-8-18-12(11)14/h5,8,10H,3-4,6-7,9H2,1-2H3. The zero-order chi connectivity index (χ0) is 13.1. The maximum absolute atomic E-state index is 12.2. The second kappa shape index (κ2) is 5.89. The number of hydrogen-bond donors (Lipinski definition) is 0. The normalized spacial score (nSPS) is 17.4. The van der Waals surface area contributed by atoms with E-state index in [9.17, 15) is 4.79 Å². The van der Waals surface area contributed by atoms with Gasteiger partial charge < -0.3 is 14.2 Å². The van der Waals surface area contributed by atoms with Crippen molar-refractivity contribution in [2.24, 2.45) is 5.92 Å². The minimum Gasteiger partial charge on any atom is -0.457 e. The van der Waals surface area contributed by atoms with Gasteiger partial charge in [0.25, 0.3) is 5.91 Å². The van der Waals surface area contributed by atoms with E-state index in [1.54, 1.807) is 6.07 Å². The molecule has 1 aliphatic rings. The van der Waals surface area contributed by atoms with Crippen LogP contribution in [0.4, 0.5) is 0 Å². The van der Waals surface area contributed by atoms with E-state index < -0.39 is 0 Å². The molecule has 0 radical (unpaired) electrons. The van der Waals surface area contributed by atoms with Gasteiger partial charge in [0.1, 0.15) is 0 Å². The molecule has 0 saturated carbocycles. The Bertz CT molecular complexity index is 409. The van der Waals surface area contributed by atoms with Crippen molar-refractivity contribution in [3.8, 4) is 0 Å². The highest BCUT2D eigenvalue weighted by Gasteiger charge is 2.25. The molecule has 0 spiro atoms. The molecule has 1 aromatic heterocycles. The molecule has 0 aromatic carbocycles. The SMILES string of the molecule is CN(C)CC1CCN(C(=O)c2ccoc2Br)CC1. The second-order valence-electron chi connectivity index (χ2n) is 5.11. The van der Waals surface area contributed by atoms with Crippen molar-refractivity contribution in [3.05, 3.63) is 22.6 Å². The fourth-order valence-electron chi connectivity index (χ4n) is 2.45. The first kappa shape index (κ1) is 13.6. The molecule has 4 nitrogen and oxygen atoms in total. The summed E-state index contributed by atoms with van der Waals surface area (Å²) < 4.78 is 5.64. The molecule has 100 valence electrons. The lowest BCUT2D eigenvalue weighted by Gasteiger charge is -2.33. The van der Waals surface area contributed by atoms with E-state index >= 15 is 0 Å². The van der Waals surface area contributed by atoms with Gasteiger partial charge in [-0.25, -0.2) is 0 Å². The first-order valence-electron chi connectivity index (χ1n) is 6.25. The second-order valence-corrected chi connectivity index (χ2v) is 5.83. The molecule has 1 fully saturated rings. The summed E-state index contributed by atoms with van der Waals surface area (Å²) in [6.07, 6.45) is 3.70. The van der Waals surface area contributed by atoms with Crippen LogP contribution >= 0.6 is 15.9 Å². The van der Waals surface area contributed by atoms with Crippen LogP contribution in [0.1, 0.15) is 23.2 Å². The van der Waals surface area contributed by atoms with Crippen LogP contribution in [-0.4, -0.2) is 49.4 Å². The Morgan fingerprint density at radius 3 is 2.67 bits per heavy atom. The van der Waals surface area contributed by atoms with E-state index in [-0.39, 0.29) is 5.91 Å². The monoisotopic (exact) mass is 314 g/mol. The molecule has 1 aliphatic heterocycles. The summed E-state index contributed by atoms with van der Waals surface area (Å²) in [5.41, 5.74) is 0.626. The van der Waals surface area contributed by atoms with Crippen LogP contribution in [0, 0.1) is 5.92 Å². The van der Waals surface area contributed by atoms with Gasteiger partial charge in [0.15, 0.2) is 4.67 Å². The van der Waals surface area contributed by atoms with Gasteiger partial charge in [0, 0.05) is 19.6 Å². The smallest absolute Gasteiger partial charge is 0.258 e. The lowest BCUT2D eigenvalue weighted by molar-refractivity contribution is 0.0676.